The highest BCUT2D eigenvalue weighted by molar-refractivity contribution is 7.22. The molecule has 0 saturated heterocycles. The largest absolute Gasteiger partial charge is 0.497 e. The molecule has 0 atom stereocenters. The number of hydrogen-bond donors (Lipinski definition) is 2. The van der Waals surface area contributed by atoms with Gasteiger partial charge in [0.15, 0.2) is 16.3 Å². The zero-order valence-corrected chi connectivity index (χ0v) is 21.2. The lowest BCUT2D eigenvalue weighted by molar-refractivity contribution is -0.116. The molecule has 0 aliphatic carbocycles. The third-order valence-electron chi connectivity index (χ3n) is 5.67. The highest BCUT2D eigenvalue weighted by Crippen LogP contribution is 2.29. The average molecular weight is 499 g/mol. The van der Waals surface area contributed by atoms with Crippen LogP contribution in [0.1, 0.15) is 45.9 Å². The molecule has 4 rings (SSSR count). The number of thiazole rings is 1. The Morgan fingerprint density at radius 1 is 1.23 bits per heavy atom. The molecule has 0 radical (unpaired) electrons. The molecule has 11 heteroatoms. The second-order valence-corrected chi connectivity index (χ2v) is 9.90. The van der Waals surface area contributed by atoms with Crippen molar-refractivity contribution in [3.8, 4) is 5.75 Å². The number of aryl methyl sites for hydroxylation is 2. The molecule has 0 unspecified atom stereocenters. The van der Waals surface area contributed by atoms with Crippen LogP contribution in [0.25, 0.3) is 21.4 Å². The Labute approximate surface area is 206 Å². The van der Waals surface area contributed by atoms with Crippen LogP contribution in [0.15, 0.2) is 27.8 Å². The maximum absolute atomic E-state index is 12.7. The first kappa shape index (κ1) is 24.6. The van der Waals surface area contributed by atoms with E-state index in [0.29, 0.717) is 41.6 Å². The zero-order valence-electron chi connectivity index (χ0n) is 20.4. The molecule has 0 aliphatic rings. The van der Waals surface area contributed by atoms with Gasteiger partial charge in [-0.1, -0.05) is 38.5 Å². The van der Waals surface area contributed by atoms with E-state index in [1.807, 2.05) is 43.5 Å². The monoisotopic (exact) mass is 498 g/mol. The average Bonchev–Trinajstić information content (AvgIpc) is 3.37. The van der Waals surface area contributed by atoms with Crippen molar-refractivity contribution in [2.45, 2.75) is 59.5 Å². The Balaban J connectivity index is 1.59. The Kier molecular flexibility index (Phi) is 7.34. The molecule has 186 valence electrons. The summed E-state index contributed by atoms with van der Waals surface area (Å²) in [5, 5.41) is 3.37. The number of aromatic nitrogens is 5. The summed E-state index contributed by atoms with van der Waals surface area (Å²) in [6, 6.07) is 5.56. The van der Waals surface area contributed by atoms with Crippen LogP contribution in [0.4, 0.5) is 5.13 Å². The first-order valence-corrected chi connectivity index (χ1v) is 12.6. The number of methoxy groups -OCH3 is 1. The zero-order chi connectivity index (χ0) is 25.1. The van der Waals surface area contributed by atoms with Crippen molar-refractivity contribution in [1.29, 1.82) is 0 Å². The molecule has 3 aromatic heterocycles. The number of aromatic amines is 1. The first-order chi connectivity index (χ1) is 16.8. The van der Waals surface area contributed by atoms with Crippen molar-refractivity contribution in [3.63, 3.8) is 0 Å². The van der Waals surface area contributed by atoms with E-state index in [4.69, 9.17) is 4.74 Å². The fourth-order valence-electron chi connectivity index (χ4n) is 3.99. The van der Waals surface area contributed by atoms with E-state index in [-0.39, 0.29) is 18.2 Å². The Bertz CT molecular complexity index is 1480. The number of amides is 1. The van der Waals surface area contributed by atoms with Gasteiger partial charge in [0.1, 0.15) is 11.6 Å². The van der Waals surface area contributed by atoms with Crippen LogP contribution in [0.2, 0.25) is 0 Å². The Morgan fingerprint density at radius 2 is 2.03 bits per heavy atom. The third kappa shape index (κ3) is 5.29. The van der Waals surface area contributed by atoms with Crippen molar-refractivity contribution in [2.24, 2.45) is 5.92 Å². The second kappa shape index (κ2) is 10.4. The second-order valence-electron chi connectivity index (χ2n) is 8.87. The van der Waals surface area contributed by atoms with Gasteiger partial charge < -0.3 is 14.6 Å². The summed E-state index contributed by atoms with van der Waals surface area (Å²) in [7, 11) is 1.61. The lowest BCUT2D eigenvalue weighted by Gasteiger charge is -2.11. The van der Waals surface area contributed by atoms with Crippen molar-refractivity contribution >= 4 is 43.8 Å². The van der Waals surface area contributed by atoms with Crippen LogP contribution >= 0.6 is 11.3 Å². The maximum atomic E-state index is 12.7. The molecule has 0 bridgehead atoms. The number of imidazole rings is 1. The normalized spacial score (nSPS) is 11.6. The van der Waals surface area contributed by atoms with Gasteiger partial charge in [0, 0.05) is 25.9 Å². The number of ether oxygens (including phenoxy) is 1. The Morgan fingerprint density at radius 3 is 2.74 bits per heavy atom. The lowest BCUT2D eigenvalue weighted by atomic mass is 10.2. The maximum Gasteiger partial charge on any atom is 0.330 e. The fraction of sp³-hybridized carbons (Fsp3) is 0.458. The van der Waals surface area contributed by atoms with Crippen molar-refractivity contribution in [3.05, 3.63) is 44.9 Å². The van der Waals surface area contributed by atoms with Gasteiger partial charge >= 0.3 is 5.69 Å². The quantitative estimate of drug-likeness (QED) is 0.345. The van der Waals surface area contributed by atoms with Crippen LogP contribution in [0, 0.1) is 5.92 Å². The number of rotatable bonds is 10. The van der Waals surface area contributed by atoms with Crippen molar-refractivity contribution in [2.75, 3.05) is 12.4 Å². The molecule has 4 aromatic rings. The standard InChI is InChI=1S/C24H30N6O4S/c1-5-6-11-29-21-20(22(32)28-24(29)33)30(13-14(2)3)18(26-21)9-10-19(31)27-23-25-16-8-7-15(34-4)12-17(16)35-23/h7-8,12,14H,5-6,9-11,13H2,1-4H3,(H,25,27,31)(H,28,32,33). The number of nitrogens with one attached hydrogen (secondary N) is 2. The predicted octanol–water partition coefficient (Wildman–Crippen LogP) is 3.53. The van der Waals surface area contributed by atoms with E-state index in [1.54, 1.807) is 7.11 Å². The number of hydrogen-bond acceptors (Lipinski definition) is 7. The van der Waals surface area contributed by atoms with Crippen LogP contribution < -0.4 is 21.3 Å². The van der Waals surface area contributed by atoms with E-state index >= 15 is 0 Å². The number of benzene rings is 1. The van der Waals surface area contributed by atoms with E-state index in [9.17, 15) is 14.4 Å². The van der Waals surface area contributed by atoms with Crippen LogP contribution in [0.5, 0.6) is 5.75 Å². The number of fused-ring (bicyclic) bond motifs is 2. The molecular formula is C24H30N6O4S. The summed E-state index contributed by atoms with van der Waals surface area (Å²) in [6.07, 6.45) is 2.19. The number of carbonyl (C=O) groups is 1. The summed E-state index contributed by atoms with van der Waals surface area (Å²) in [5.74, 6) is 1.39. The smallest absolute Gasteiger partial charge is 0.330 e. The molecule has 3 heterocycles. The summed E-state index contributed by atoms with van der Waals surface area (Å²) in [5.41, 5.74) is 0.635. The highest BCUT2D eigenvalue weighted by atomic mass is 32.1. The van der Waals surface area contributed by atoms with Crippen molar-refractivity contribution in [1.82, 2.24) is 24.1 Å². The molecule has 2 N–H and O–H groups in total. The van der Waals surface area contributed by atoms with Gasteiger partial charge in [-0.3, -0.25) is 19.1 Å². The van der Waals surface area contributed by atoms with Gasteiger partial charge in [0.05, 0.1) is 17.3 Å². The fourth-order valence-corrected chi connectivity index (χ4v) is 4.90. The topological polar surface area (TPSA) is 124 Å². The third-order valence-corrected chi connectivity index (χ3v) is 6.60. The van der Waals surface area contributed by atoms with E-state index in [1.165, 1.54) is 15.9 Å². The number of unbranched alkanes of at least 4 members (excludes halogenated alkanes) is 1. The molecule has 0 aliphatic heterocycles. The molecule has 0 spiro atoms. The number of anilines is 1. The molecule has 0 fully saturated rings. The van der Waals surface area contributed by atoms with Crippen molar-refractivity contribution < 1.29 is 9.53 Å². The van der Waals surface area contributed by atoms with Crippen LogP contribution in [-0.4, -0.2) is 37.1 Å². The van der Waals surface area contributed by atoms with E-state index in [0.717, 1.165) is 28.8 Å². The molecular weight excluding hydrogens is 468 g/mol. The Hall–Kier alpha value is -3.47. The van der Waals surface area contributed by atoms with Gasteiger partial charge in [-0.2, -0.15) is 0 Å². The van der Waals surface area contributed by atoms with Crippen LogP contribution in [0.3, 0.4) is 0 Å². The van der Waals surface area contributed by atoms with Gasteiger partial charge in [0.25, 0.3) is 5.56 Å². The summed E-state index contributed by atoms with van der Waals surface area (Å²) in [6.45, 7) is 7.17. The lowest BCUT2D eigenvalue weighted by Crippen LogP contribution is -2.31. The van der Waals surface area contributed by atoms with Gasteiger partial charge in [0.2, 0.25) is 5.91 Å². The number of H-pyrrole nitrogens is 1. The SMILES string of the molecule is CCCCn1c(=O)[nH]c(=O)c2c1nc(CCC(=O)Nc1nc3ccc(OC)cc3s1)n2CC(C)C. The minimum Gasteiger partial charge on any atom is -0.497 e. The molecule has 0 saturated carbocycles. The first-order valence-electron chi connectivity index (χ1n) is 11.8. The predicted molar refractivity (Wildman–Crippen MR) is 137 cm³/mol. The number of carbonyl (C=O) groups excluding carboxylic acids is 1. The van der Waals surface area contributed by atoms with Gasteiger partial charge in [-0.15, -0.1) is 0 Å². The number of nitrogens with zero attached hydrogens (tertiary/aromatic N) is 4. The minimum atomic E-state index is -0.457. The molecule has 1 amide bonds. The minimum absolute atomic E-state index is 0.164. The highest BCUT2D eigenvalue weighted by Gasteiger charge is 2.20. The molecule has 35 heavy (non-hydrogen) atoms. The molecule has 10 nitrogen and oxygen atoms in total. The van der Waals surface area contributed by atoms with Gasteiger partial charge in [-0.05, 0) is 30.5 Å². The molecule has 1 aromatic carbocycles. The van der Waals surface area contributed by atoms with E-state index < -0.39 is 11.2 Å². The summed E-state index contributed by atoms with van der Waals surface area (Å²) < 4.78 is 9.53. The van der Waals surface area contributed by atoms with Crippen LogP contribution in [-0.2, 0) is 24.3 Å². The summed E-state index contributed by atoms with van der Waals surface area (Å²) >= 11 is 1.38. The van der Waals surface area contributed by atoms with Gasteiger partial charge in [-0.25, -0.2) is 14.8 Å². The summed E-state index contributed by atoms with van der Waals surface area (Å²) in [4.78, 5) is 49.5. The van der Waals surface area contributed by atoms with E-state index in [2.05, 4.69) is 20.3 Å².